The van der Waals surface area contributed by atoms with Gasteiger partial charge in [-0.05, 0) is 19.3 Å². The zero-order valence-corrected chi connectivity index (χ0v) is 8.34. The van der Waals surface area contributed by atoms with Gasteiger partial charge < -0.3 is 5.32 Å². The van der Waals surface area contributed by atoms with Gasteiger partial charge in [0.05, 0.1) is 23.5 Å². The zero-order valence-electron chi connectivity index (χ0n) is 7.58. The van der Waals surface area contributed by atoms with Gasteiger partial charge in [0.15, 0.2) is 0 Å². The van der Waals surface area contributed by atoms with Crippen LogP contribution in [-0.4, -0.2) is 22.2 Å². The Bertz CT molecular complexity index is 303. The number of anilines is 1. The Morgan fingerprint density at radius 2 is 2.07 bits per heavy atom. The van der Waals surface area contributed by atoms with Gasteiger partial charge in [-0.2, -0.15) is 0 Å². The van der Waals surface area contributed by atoms with Crippen molar-refractivity contribution >= 4 is 17.5 Å². The van der Waals surface area contributed by atoms with Crippen LogP contribution in [0.3, 0.4) is 0 Å². The fourth-order valence-electron chi connectivity index (χ4n) is 1.63. The summed E-state index contributed by atoms with van der Waals surface area (Å²) in [7, 11) is 0. The minimum atomic E-state index is -0.783. The SMILES string of the molecule is F[C@@H]1CCC[C@@H]1Nc1ncc(Cl)cn1. The summed E-state index contributed by atoms with van der Waals surface area (Å²) >= 11 is 5.63. The van der Waals surface area contributed by atoms with E-state index in [1.54, 1.807) is 0 Å². The molecule has 2 atom stereocenters. The molecule has 1 N–H and O–H groups in total. The molecule has 1 aliphatic rings. The molecule has 2 rings (SSSR count). The molecule has 0 aliphatic heterocycles. The highest BCUT2D eigenvalue weighted by Gasteiger charge is 2.27. The Hall–Kier alpha value is -0.900. The molecule has 1 aliphatic carbocycles. The van der Waals surface area contributed by atoms with E-state index >= 15 is 0 Å². The van der Waals surface area contributed by atoms with Crippen molar-refractivity contribution in [2.24, 2.45) is 0 Å². The maximum absolute atomic E-state index is 13.2. The average molecular weight is 216 g/mol. The van der Waals surface area contributed by atoms with Gasteiger partial charge in [-0.15, -0.1) is 0 Å². The van der Waals surface area contributed by atoms with Crippen molar-refractivity contribution in [2.75, 3.05) is 5.32 Å². The monoisotopic (exact) mass is 215 g/mol. The second-order valence-electron chi connectivity index (χ2n) is 3.42. The minimum Gasteiger partial charge on any atom is -0.349 e. The molecule has 5 heteroatoms. The maximum atomic E-state index is 13.2. The normalized spacial score (nSPS) is 26.4. The summed E-state index contributed by atoms with van der Waals surface area (Å²) in [4.78, 5) is 7.91. The summed E-state index contributed by atoms with van der Waals surface area (Å²) in [5, 5.41) is 3.45. The Labute approximate surface area is 86.7 Å². The van der Waals surface area contributed by atoms with Gasteiger partial charge in [-0.3, -0.25) is 0 Å². The highest BCUT2D eigenvalue weighted by molar-refractivity contribution is 6.30. The number of rotatable bonds is 2. The van der Waals surface area contributed by atoms with Gasteiger partial charge in [0.1, 0.15) is 6.17 Å². The molecule has 1 aromatic heterocycles. The lowest BCUT2D eigenvalue weighted by Gasteiger charge is -2.14. The van der Waals surface area contributed by atoms with E-state index in [-0.39, 0.29) is 6.04 Å². The molecule has 0 bridgehead atoms. The van der Waals surface area contributed by atoms with Crippen molar-refractivity contribution in [1.82, 2.24) is 9.97 Å². The number of aromatic nitrogens is 2. The molecule has 14 heavy (non-hydrogen) atoms. The van der Waals surface area contributed by atoms with Gasteiger partial charge in [0.2, 0.25) is 5.95 Å². The molecule has 3 nitrogen and oxygen atoms in total. The Kier molecular flexibility index (Phi) is 2.82. The molecular formula is C9H11ClFN3. The number of halogens is 2. The second kappa shape index (κ2) is 4.09. The lowest BCUT2D eigenvalue weighted by Crippen LogP contribution is -2.25. The third-order valence-corrected chi connectivity index (χ3v) is 2.56. The van der Waals surface area contributed by atoms with Gasteiger partial charge in [0, 0.05) is 0 Å². The lowest BCUT2D eigenvalue weighted by molar-refractivity contribution is 0.323. The van der Waals surface area contributed by atoms with Crippen LogP contribution in [-0.2, 0) is 0 Å². The molecule has 0 aromatic carbocycles. The van der Waals surface area contributed by atoms with Gasteiger partial charge in [-0.1, -0.05) is 11.6 Å². The van der Waals surface area contributed by atoms with Crippen LogP contribution in [0.15, 0.2) is 12.4 Å². The van der Waals surface area contributed by atoms with Crippen molar-refractivity contribution in [3.8, 4) is 0 Å². The van der Waals surface area contributed by atoms with Crippen LogP contribution >= 0.6 is 11.6 Å². The third-order valence-electron chi connectivity index (χ3n) is 2.37. The average Bonchev–Trinajstić information content (AvgIpc) is 2.56. The molecule has 0 saturated heterocycles. The van der Waals surface area contributed by atoms with E-state index in [1.165, 1.54) is 12.4 Å². The van der Waals surface area contributed by atoms with E-state index in [9.17, 15) is 4.39 Å². The largest absolute Gasteiger partial charge is 0.349 e. The van der Waals surface area contributed by atoms with Crippen LogP contribution < -0.4 is 5.32 Å². The lowest BCUT2D eigenvalue weighted by atomic mass is 10.2. The van der Waals surface area contributed by atoms with Crippen molar-refractivity contribution < 1.29 is 4.39 Å². The summed E-state index contributed by atoms with van der Waals surface area (Å²) in [5.74, 6) is 0.448. The second-order valence-corrected chi connectivity index (χ2v) is 3.86. The minimum absolute atomic E-state index is 0.142. The highest BCUT2D eigenvalue weighted by Crippen LogP contribution is 2.24. The van der Waals surface area contributed by atoms with Crippen LogP contribution in [0.5, 0.6) is 0 Å². The quantitative estimate of drug-likeness (QED) is 0.824. The van der Waals surface area contributed by atoms with Crippen LogP contribution in [0.4, 0.5) is 10.3 Å². The molecule has 1 aromatic rings. The van der Waals surface area contributed by atoms with E-state index < -0.39 is 6.17 Å². The number of nitrogens with one attached hydrogen (secondary N) is 1. The van der Waals surface area contributed by atoms with Crippen LogP contribution in [0.2, 0.25) is 5.02 Å². The summed E-state index contributed by atoms with van der Waals surface area (Å²) < 4.78 is 13.2. The first kappa shape index (κ1) is 9.65. The number of nitrogens with zero attached hydrogens (tertiary/aromatic N) is 2. The summed E-state index contributed by atoms with van der Waals surface area (Å²) in [6.07, 6.45) is 4.61. The third kappa shape index (κ3) is 2.12. The van der Waals surface area contributed by atoms with Gasteiger partial charge in [0.25, 0.3) is 0 Å². The first-order valence-electron chi connectivity index (χ1n) is 4.64. The molecular weight excluding hydrogens is 205 g/mol. The predicted molar refractivity (Wildman–Crippen MR) is 53.2 cm³/mol. The Morgan fingerprint density at radius 3 is 2.64 bits per heavy atom. The molecule has 1 heterocycles. The molecule has 76 valence electrons. The highest BCUT2D eigenvalue weighted by atomic mass is 35.5. The Balaban J connectivity index is 2.00. The Morgan fingerprint density at radius 1 is 1.36 bits per heavy atom. The molecule has 1 fully saturated rings. The van der Waals surface area contributed by atoms with Crippen molar-refractivity contribution in [1.29, 1.82) is 0 Å². The molecule has 0 radical (unpaired) electrons. The first-order valence-corrected chi connectivity index (χ1v) is 5.01. The molecule has 0 spiro atoms. The van der Waals surface area contributed by atoms with Crippen LogP contribution in [0, 0.1) is 0 Å². The zero-order chi connectivity index (χ0) is 9.97. The number of hydrogen-bond donors (Lipinski definition) is 1. The molecule has 0 unspecified atom stereocenters. The van der Waals surface area contributed by atoms with E-state index in [2.05, 4.69) is 15.3 Å². The van der Waals surface area contributed by atoms with Gasteiger partial charge >= 0.3 is 0 Å². The summed E-state index contributed by atoms with van der Waals surface area (Å²) in [6.45, 7) is 0. The fraction of sp³-hybridized carbons (Fsp3) is 0.556. The standard InChI is InChI=1S/C9H11ClFN3/c10-6-4-12-9(13-5-6)14-8-3-1-2-7(8)11/h4-5,7-8H,1-3H2,(H,12,13,14)/t7-,8+/m1/s1. The smallest absolute Gasteiger partial charge is 0.222 e. The number of alkyl halides is 1. The fourth-order valence-corrected chi connectivity index (χ4v) is 1.73. The van der Waals surface area contributed by atoms with Crippen LogP contribution in [0.1, 0.15) is 19.3 Å². The maximum Gasteiger partial charge on any atom is 0.222 e. The summed E-state index contributed by atoms with van der Waals surface area (Å²) in [5.41, 5.74) is 0. The van der Waals surface area contributed by atoms with E-state index in [0.717, 1.165) is 12.8 Å². The summed E-state index contributed by atoms with van der Waals surface area (Å²) in [6, 6.07) is -0.142. The van der Waals surface area contributed by atoms with Crippen molar-refractivity contribution in [3.05, 3.63) is 17.4 Å². The van der Waals surface area contributed by atoms with E-state index in [1.807, 2.05) is 0 Å². The van der Waals surface area contributed by atoms with Crippen molar-refractivity contribution in [3.63, 3.8) is 0 Å². The predicted octanol–water partition coefficient (Wildman–Crippen LogP) is 2.43. The number of hydrogen-bond acceptors (Lipinski definition) is 3. The van der Waals surface area contributed by atoms with Gasteiger partial charge in [-0.25, -0.2) is 14.4 Å². The molecule has 0 amide bonds. The molecule has 1 saturated carbocycles. The van der Waals surface area contributed by atoms with E-state index in [0.29, 0.717) is 17.4 Å². The van der Waals surface area contributed by atoms with E-state index in [4.69, 9.17) is 11.6 Å². The van der Waals surface area contributed by atoms with Crippen molar-refractivity contribution in [2.45, 2.75) is 31.5 Å². The first-order chi connectivity index (χ1) is 6.75. The topological polar surface area (TPSA) is 37.8 Å². The van der Waals surface area contributed by atoms with Crippen LogP contribution in [0.25, 0.3) is 0 Å².